The normalized spacial score (nSPS) is 17.0. The van der Waals surface area contributed by atoms with Crippen LogP contribution in [0.25, 0.3) is 0 Å². The van der Waals surface area contributed by atoms with Crippen LogP contribution in [0.5, 0.6) is 0 Å². The Morgan fingerprint density at radius 1 is 0.172 bits per heavy atom. The maximum Gasteiger partial charge on any atom is 0.226 e. The van der Waals surface area contributed by atoms with E-state index in [0.717, 1.165) is 0 Å². The van der Waals surface area contributed by atoms with Gasteiger partial charge in [0, 0.05) is 0 Å². The second-order valence-corrected chi connectivity index (χ2v) is 18.9. The molecule has 0 aromatic rings. The first-order chi connectivity index (χ1) is 12.0. The molecule has 0 atom stereocenters. The van der Waals surface area contributed by atoms with Gasteiger partial charge in [-0.15, -0.1) is 0 Å². The van der Waals surface area contributed by atoms with Gasteiger partial charge in [-0.05, 0) is 0 Å². The van der Waals surface area contributed by atoms with Crippen LogP contribution in [0.15, 0.2) is 0 Å². The molecule has 0 aliphatic rings. The van der Waals surface area contributed by atoms with E-state index in [1.807, 2.05) is 0 Å². The summed E-state index contributed by atoms with van der Waals surface area (Å²) in [5.74, 6) is 0. The number of halogens is 20. The van der Waals surface area contributed by atoms with Crippen LogP contribution in [-0.4, -0.2) is 37.9 Å². The third-order valence-electron chi connectivity index (χ3n) is 3.08. The summed E-state index contributed by atoms with van der Waals surface area (Å²) in [6.45, 7) is 0. The van der Waals surface area contributed by atoms with Crippen molar-refractivity contribution in [3.8, 4) is 0 Å². The molecule has 0 saturated carbocycles. The molecule has 0 aromatic carbocycles. The maximum atomic E-state index is 6.21. The van der Waals surface area contributed by atoms with E-state index in [0.29, 0.717) is 0 Å². The van der Waals surface area contributed by atoms with E-state index in [1.54, 1.807) is 0 Å². The summed E-state index contributed by atoms with van der Waals surface area (Å²) in [5.41, 5.74) is 0. The zero-order valence-corrected chi connectivity index (χ0v) is 27.2. The van der Waals surface area contributed by atoms with Crippen molar-refractivity contribution in [2.24, 2.45) is 0 Å². The lowest BCUT2D eigenvalue weighted by molar-refractivity contribution is 0.452. The van der Waals surface area contributed by atoms with Crippen LogP contribution < -0.4 is 0 Å². The molecule has 0 radical (unpaired) electrons. The standard InChI is InChI=1S/C9Cl20/c10-1(11,2(12,13)4(16,17)6(20,21)8(24,25)26)3(14,15)5(18,19)7(22,23)9(27,28)29. The number of rotatable bonds is 6. The zero-order valence-electron chi connectivity index (χ0n) is 12.1. The highest BCUT2D eigenvalue weighted by atomic mass is 35.6. The molecule has 0 N–H and O–H groups in total. The average Bonchev–Trinajstić information content (AvgIpc) is 2.43. The first kappa shape index (κ1) is 34.8. The molecule has 0 aliphatic heterocycles. The molecule has 0 nitrogen and oxygen atoms in total. The van der Waals surface area contributed by atoms with Crippen molar-refractivity contribution in [3.63, 3.8) is 0 Å². The summed E-state index contributed by atoms with van der Waals surface area (Å²) in [7, 11) is 0. The Kier molecular flexibility index (Phi) is 12.2. The Morgan fingerprint density at radius 2 is 0.276 bits per heavy atom. The minimum absolute atomic E-state index is 2.64. The van der Waals surface area contributed by atoms with Crippen LogP contribution in [0.1, 0.15) is 0 Å². The third-order valence-corrected chi connectivity index (χ3v) is 16.2. The molecule has 0 heterocycles. The predicted molar refractivity (Wildman–Crippen MR) is 142 cm³/mol. The van der Waals surface area contributed by atoms with Crippen LogP contribution in [0.3, 0.4) is 0 Å². The van der Waals surface area contributed by atoms with Gasteiger partial charge in [-0.25, -0.2) is 0 Å². The smallest absolute Gasteiger partial charge is 0.0946 e. The second-order valence-electron chi connectivity index (χ2n) is 5.02. The van der Waals surface area contributed by atoms with Crippen molar-refractivity contribution < 1.29 is 0 Å². The van der Waals surface area contributed by atoms with Gasteiger partial charge in [0.15, 0.2) is 21.7 Å². The summed E-state index contributed by atoms with van der Waals surface area (Å²) >= 11 is 120. The Morgan fingerprint density at radius 3 is 0.379 bits per heavy atom. The molecule has 0 aliphatic carbocycles. The fourth-order valence-corrected chi connectivity index (χ4v) is 7.14. The summed E-state index contributed by atoms with van der Waals surface area (Å²) < 4.78 is -26.2. The highest BCUT2D eigenvalue weighted by Crippen LogP contribution is 2.73. The van der Waals surface area contributed by atoms with Crippen LogP contribution in [0.4, 0.5) is 0 Å². The first-order valence-electron chi connectivity index (χ1n) is 5.78. The quantitative estimate of drug-likeness (QED) is 0.234. The number of alkyl halides is 20. The lowest BCUT2D eigenvalue weighted by Gasteiger charge is -2.54. The largest absolute Gasteiger partial charge is 0.226 e. The van der Waals surface area contributed by atoms with Gasteiger partial charge in [-0.1, -0.05) is 232 Å². The molecule has 0 aromatic heterocycles. The zero-order chi connectivity index (χ0) is 24.5. The van der Waals surface area contributed by atoms with Gasteiger partial charge in [0.2, 0.25) is 16.3 Å². The van der Waals surface area contributed by atoms with Crippen LogP contribution in [0.2, 0.25) is 0 Å². The average molecular weight is 817 g/mol. The SMILES string of the molecule is ClC(Cl)(Cl)C(Cl)(Cl)C(Cl)(Cl)C(Cl)(Cl)C(Cl)(Cl)C(Cl)(Cl)C(Cl)(Cl)C(Cl)(Cl)C(Cl)(Cl)Cl. The molecule has 176 valence electrons. The Balaban J connectivity index is 6.82. The van der Waals surface area contributed by atoms with E-state index in [4.69, 9.17) is 232 Å². The van der Waals surface area contributed by atoms with E-state index in [9.17, 15) is 0 Å². The number of hydrogen-bond donors (Lipinski definition) is 0. The third kappa shape index (κ3) is 5.65. The van der Waals surface area contributed by atoms with Gasteiger partial charge in [-0.2, -0.15) is 0 Å². The van der Waals surface area contributed by atoms with Gasteiger partial charge in [0.25, 0.3) is 0 Å². The van der Waals surface area contributed by atoms with E-state index < -0.39 is 37.9 Å². The molecule has 0 bridgehead atoms. The van der Waals surface area contributed by atoms with Crippen molar-refractivity contribution in [2.45, 2.75) is 37.9 Å². The predicted octanol–water partition coefficient (Wildman–Crippen LogP) is 11.9. The lowest BCUT2D eigenvalue weighted by Crippen LogP contribution is -2.71. The lowest BCUT2D eigenvalue weighted by atomic mass is 10.0. The fourth-order valence-electron chi connectivity index (χ4n) is 1.34. The van der Waals surface area contributed by atoms with Crippen molar-refractivity contribution in [2.75, 3.05) is 0 Å². The van der Waals surface area contributed by atoms with Gasteiger partial charge >= 0.3 is 0 Å². The monoisotopic (exact) mass is 807 g/mol. The van der Waals surface area contributed by atoms with E-state index in [1.165, 1.54) is 0 Å². The van der Waals surface area contributed by atoms with Crippen LogP contribution >= 0.6 is 232 Å². The Labute approximate surface area is 266 Å². The highest BCUT2D eigenvalue weighted by molar-refractivity contribution is 6.84. The molecule has 0 fully saturated rings. The van der Waals surface area contributed by atoms with Crippen LogP contribution in [-0.2, 0) is 0 Å². The number of hydrogen-bond acceptors (Lipinski definition) is 0. The Bertz CT molecular complexity index is 548. The molecule has 0 rings (SSSR count). The van der Waals surface area contributed by atoms with Crippen LogP contribution in [0, 0.1) is 0 Å². The van der Waals surface area contributed by atoms with Crippen molar-refractivity contribution >= 4 is 232 Å². The molecular formula is C9Cl20. The topological polar surface area (TPSA) is 0 Å². The molecule has 0 spiro atoms. The first-order valence-corrected chi connectivity index (χ1v) is 13.3. The molecule has 0 saturated heterocycles. The van der Waals surface area contributed by atoms with Crippen molar-refractivity contribution in [3.05, 3.63) is 0 Å². The summed E-state index contributed by atoms with van der Waals surface area (Å²) in [6, 6.07) is 0. The summed E-state index contributed by atoms with van der Waals surface area (Å²) in [6.07, 6.45) is 0. The highest BCUT2D eigenvalue weighted by Gasteiger charge is 2.82. The van der Waals surface area contributed by atoms with Crippen molar-refractivity contribution in [1.29, 1.82) is 0 Å². The van der Waals surface area contributed by atoms with Gasteiger partial charge < -0.3 is 0 Å². The second kappa shape index (κ2) is 10.2. The maximum absolute atomic E-state index is 6.21. The minimum atomic E-state index is -3.10. The summed E-state index contributed by atoms with van der Waals surface area (Å²) in [4.78, 5) is 0. The van der Waals surface area contributed by atoms with Gasteiger partial charge in [0.05, 0.1) is 0 Å². The van der Waals surface area contributed by atoms with Crippen molar-refractivity contribution in [1.82, 2.24) is 0 Å². The molecule has 20 heteroatoms. The van der Waals surface area contributed by atoms with Gasteiger partial charge in [0.1, 0.15) is 0 Å². The molecular weight excluding hydrogens is 817 g/mol. The van der Waals surface area contributed by atoms with E-state index >= 15 is 0 Å². The molecule has 0 unspecified atom stereocenters. The minimum Gasteiger partial charge on any atom is -0.0946 e. The molecule has 29 heavy (non-hydrogen) atoms. The molecule has 0 amide bonds. The Hall–Kier alpha value is 5.80. The van der Waals surface area contributed by atoms with E-state index in [-0.39, 0.29) is 0 Å². The van der Waals surface area contributed by atoms with E-state index in [2.05, 4.69) is 0 Å². The van der Waals surface area contributed by atoms with Gasteiger partial charge in [-0.3, -0.25) is 0 Å². The summed E-state index contributed by atoms with van der Waals surface area (Å²) in [5, 5.41) is 0. The fraction of sp³-hybridized carbons (Fsp3) is 1.00.